The van der Waals surface area contributed by atoms with E-state index in [1.165, 1.54) is 27.5 Å². The first-order valence-corrected chi connectivity index (χ1v) is 11.7. The molecular weight excluding hydrogens is 420 g/mol. The van der Waals surface area contributed by atoms with Crippen molar-refractivity contribution in [2.45, 2.75) is 0 Å². The maximum atomic E-state index is 4.54. The summed E-state index contributed by atoms with van der Waals surface area (Å²) in [5.74, 6) is 1.97. The summed E-state index contributed by atoms with van der Waals surface area (Å²) in [6.45, 7) is 3.53. The van der Waals surface area contributed by atoms with Crippen molar-refractivity contribution in [3.05, 3.63) is 84.1 Å². The summed E-state index contributed by atoms with van der Waals surface area (Å²) in [6, 6.07) is 24.0. The van der Waals surface area contributed by atoms with E-state index < -0.39 is 0 Å². The molecule has 5 aromatic rings. The minimum Gasteiger partial charge on any atom is -0.368 e. The van der Waals surface area contributed by atoms with Gasteiger partial charge in [-0.25, -0.2) is 0 Å². The summed E-state index contributed by atoms with van der Waals surface area (Å²) in [6.07, 6.45) is 2.09. The third-order valence-corrected chi connectivity index (χ3v) is 6.71. The number of hydrogen-bond acceptors (Lipinski definition) is 4. The fourth-order valence-electron chi connectivity index (χ4n) is 4.95. The van der Waals surface area contributed by atoms with Crippen molar-refractivity contribution >= 4 is 33.5 Å². The lowest BCUT2D eigenvalue weighted by molar-refractivity contribution is 0.960. The van der Waals surface area contributed by atoms with E-state index in [9.17, 15) is 0 Å². The average Bonchev–Trinajstić information content (AvgIpc) is 3.69. The highest BCUT2D eigenvalue weighted by Gasteiger charge is 2.13. The summed E-state index contributed by atoms with van der Waals surface area (Å²) >= 11 is 0. The first kappa shape index (κ1) is 19.2. The Hall–Kier alpha value is -4.32. The highest BCUT2D eigenvalue weighted by molar-refractivity contribution is 6.05. The molecule has 4 heterocycles. The zero-order valence-electron chi connectivity index (χ0n) is 18.7. The van der Waals surface area contributed by atoms with Crippen molar-refractivity contribution in [3.63, 3.8) is 0 Å². The number of rotatable bonds is 4. The third-order valence-electron chi connectivity index (χ3n) is 6.71. The van der Waals surface area contributed by atoms with E-state index >= 15 is 0 Å². The van der Waals surface area contributed by atoms with Gasteiger partial charge in [-0.05, 0) is 29.3 Å². The Kier molecular flexibility index (Phi) is 4.30. The van der Waals surface area contributed by atoms with Gasteiger partial charge in [0.15, 0.2) is 0 Å². The van der Waals surface area contributed by atoms with Crippen LogP contribution in [0, 0.1) is 0 Å². The summed E-state index contributed by atoms with van der Waals surface area (Å²) in [7, 11) is 0. The third kappa shape index (κ3) is 3.18. The number of benzene rings is 3. The Balaban J connectivity index is 1.19. The molecule has 0 spiro atoms. The lowest BCUT2D eigenvalue weighted by Crippen LogP contribution is -2.19. The topological polar surface area (TPSA) is 80.4 Å². The minimum absolute atomic E-state index is 0.847. The number of aromatic nitrogens is 2. The lowest BCUT2D eigenvalue weighted by atomic mass is 10.0. The lowest BCUT2D eigenvalue weighted by Gasteiger charge is -2.05. The number of nitrogens with zero attached hydrogens (tertiary/aromatic N) is 2. The van der Waals surface area contributed by atoms with E-state index in [4.69, 9.17) is 0 Å². The molecule has 6 nitrogen and oxygen atoms in total. The van der Waals surface area contributed by atoms with Gasteiger partial charge in [0.2, 0.25) is 0 Å². The largest absolute Gasteiger partial charge is 0.368 e. The Morgan fingerprint density at radius 1 is 0.618 bits per heavy atom. The Morgan fingerprint density at radius 2 is 1.26 bits per heavy atom. The van der Waals surface area contributed by atoms with E-state index in [0.29, 0.717) is 0 Å². The van der Waals surface area contributed by atoms with Gasteiger partial charge in [0.25, 0.3) is 0 Å². The first-order chi connectivity index (χ1) is 16.8. The molecule has 0 atom stereocenters. The molecule has 0 radical (unpaired) electrons. The summed E-state index contributed by atoms with van der Waals surface area (Å²) in [4.78, 5) is 16.1. The Labute approximate surface area is 196 Å². The molecule has 0 amide bonds. The quantitative estimate of drug-likeness (QED) is 0.325. The predicted octanol–water partition coefficient (Wildman–Crippen LogP) is 4.68. The molecular formula is C28H24N6. The predicted molar refractivity (Wildman–Crippen MR) is 140 cm³/mol. The minimum atomic E-state index is 0.847. The van der Waals surface area contributed by atoms with Gasteiger partial charge >= 0.3 is 0 Å². The highest BCUT2D eigenvalue weighted by Crippen LogP contribution is 2.32. The second kappa shape index (κ2) is 7.63. The zero-order chi connectivity index (χ0) is 22.5. The van der Waals surface area contributed by atoms with Gasteiger partial charge in [0, 0.05) is 63.5 Å². The van der Waals surface area contributed by atoms with Crippen LogP contribution in [0.25, 0.3) is 44.2 Å². The first-order valence-electron chi connectivity index (χ1n) is 11.7. The van der Waals surface area contributed by atoms with Crippen LogP contribution in [-0.4, -0.2) is 47.8 Å². The SMILES string of the molecule is c1cc2cc(-c3ccc(-c4c[nH]c5cc(C6=NCCN6)ccc45)cc3)[nH]c2cc1C1=NCCN1. The van der Waals surface area contributed by atoms with E-state index in [0.717, 1.165) is 65.7 Å². The molecule has 6 heteroatoms. The number of nitrogens with one attached hydrogen (secondary N) is 4. The molecule has 0 fully saturated rings. The molecule has 4 N–H and O–H groups in total. The van der Waals surface area contributed by atoms with Gasteiger partial charge in [-0.2, -0.15) is 0 Å². The standard InChI is InChI=1S/C28H24N6/c1-3-18(24-13-19-5-6-20(14-25(19)34-24)27-29-9-10-30-27)4-2-17(1)23-16-33-26-15-21(7-8-22(23)26)28-31-11-12-32-28/h1-8,13-16,33-34H,9-12H2,(H,29,30)(H,31,32). The van der Waals surface area contributed by atoms with Crippen LogP contribution in [0.15, 0.2) is 82.9 Å². The van der Waals surface area contributed by atoms with Crippen LogP contribution < -0.4 is 10.6 Å². The van der Waals surface area contributed by atoms with Gasteiger partial charge in [0.05, 0.1) is 13.1 Å². The molecule has 0 bridgehead atoms. The van der Waals surface area contributed by atoms with Crippen molar-refractivity contribution < 1.29 is 0 Å². The van der Waals surface area contributed by atoms with Crippen molar-refractivity contribution in [1.29, 1.82) is 0 Å². The molecule has 2 aromatic heterocycles. The van der Waals surface area contributed by atoms with E-state index in [2.05, 4.69) is 104 Å². The fraction of sp³-hybridized carbons (Fsp3) is 0.143. The van der Waals surface area contributed by atoms with Crippen molar-refractivity contribution in [2.75, 3.05) is 26.2 Å². The van der Waals surface area contributed by atoms with Crippen LogP contribution in [0.4, 0.5) is 0 Å². The van der Waals surface area contributed by atoms with E-state index in [1.807, 2.05) is 0 Å². The summed E-state index contributed by atoms with van der Waals surface area (Å²) in [5.41, 5.74) is 9.21. The van der Waals surface area contributed by atoms with Gasteiger partial charge in [-0.1, -0.05) is 48.5 Å². The van der Waals surface area contributed by atoms with Crippen LogP contribution in [0.1, 0.15) is 11.1 Å². The number of H-pyrrole nitrogens is 2. The maximum Gasteiger partial charge on any atom is 0.128 e. The monoisotopic (exact) mass is 444 g/mol. The number of aromatic amines is 2. The molecule has 7 rings (SSSR count). The number of fused-ring (bicyclic) bond motifs is 2. The Morgan fingerprint density at radius 3 is 1.97 bits per heavy atom. The van der Waals surface area contributed by atoms with Crippen LogP contribution in [0.2, 0.25) is 0 Å². The Bertz CT molecular complexity index is 1600. The second-order valence-corrected chi connectivity index (χ2v) is 8.84. The molecule has 34 heavy (non-hydrogen) atoms. The summed E-state index contributed by atoms with van der Waals surface area (Å²) < 4.78 is 0. The van der Waals surface area contributed by atoms with Gasteiger partial charge in [0.1, 0.15) is 11.7 Å². The molecule has 3 aromatic carbocycles. The molecule has 0 unspecified atom stereocenters. The normalized spacial score (nSPS) is 15.4. The van der Waals surface area contributed by atoms with Gasteiger partial charge < -0.3 is 20.6 Å². The number of hydrogen-bond donors (Lipinski definition) is 4. The van der Waals surface area contributed by atoms with Crippen LogP contribution in [0.5, 0.6) is 0 Å². The molecule has 166 valence electrons. The smallest absolute Gasteiger partial charge is 0.128 e. The van der Waals surface area contributed by atoms with Gasteiger partial charge in [-0.3, -0.25) is 9.98 Å². The average molecular weight is 445 g/mol. The number of aliphatic imine (C=N–C) groups is 2. The second-order valence-electron chi connectivity index (χ2n) is 8.84. The molecule has 0 saturated heterocycles. The van der Waals surface area contributed by atoms with Crippen molar-refractivity contribution in [3.8, 4) is 22.4 Å². The molecule has 2 aliphatic heterocycles. The van der Waals surface area contributed by atoms with Crippen molar-refractivity contribution in [2.24, 2.45) is 9.98 Å². The van der Waals surface area contributed by atoms with Crippen LogP contribution in [0.3, 0.4) is 0 Å². The van der Waals surface area contributed by atoms with E-state index in [-0.39, 0.29) is 0 Å². The highest BCUT2D eigenvalue weighted by atomic mass is 15.1. The zero-order valence-corrected chi connectivity index (χ0v) is 18.7. The summed E-state index contributed by atoms with van der Waals surface area (Å²) in [5, 5.41) is 9.12. The molecule has 0 saturated carbocycles. The van der Waals surface area contributed by atoms with Gasteiger partial charge in [-0.15, -0.1) is 0 Å². The van der Waals surface area contributed by atoms with Crippen LogP contribution in [-0.2, 0) is 0 Å². The fourth-order valence-corrected chi connectivity index (χ4v) is 4.95. The van der Waals surface area contributed by atoms with Crippen LogP contribution >= 0.6 is 0 Å². The van der Waals surface area contributed by atoms with Crippen molar-refractivity contribution in [1.82, 2.24) is 20.6 Å². The molecule has 2 aliphatic rings. The maximum absolute atomic E-state index is 4.54. The number of amidine groups is 2. The van der Waals surface area contributed by atoms with E-state index in [1.54, 1.807) is 0 Å². The molecule has 0 aliphatic carbocycles.